The van der Waals surface area contributed by atoms with Crippen LogP contribution in [0.4, 0.5) is 16.0 Å². The summed E-state index contributed by atoms with van der Waals surface area (Å²) in [5.41, 5.74) is 6.98. The molecular weight excluding hydrogens is 793 g/mol. The Morgan fingerprint density at radius 3 is 2.34 bits per heavy atom. The Morgan fingerprint density at radius 2 is 1.59 bits per heavy atom. The third-order valence-electron chi connectivity index (χ3n) is 12.5. The van der Waals surface area contributed by atoms with E-state index in [4.69, 9.17) is 21.3 Å². The third kappa shape index (κ3) is 11.4. The molecule has 322 valence electrons. The Kier molecular flexibility index (Phi) is 14.4. The molecule has 1 aliphatic carbocycles. The van der Waals surface area contributed by atoms with Gasteiger partial charge in [0.1, 0.15) is 11.5 Å². The second kappa shape index (κ2) is 20.4. The molecule has 1 atom stereocenters. The second-order valence-corrected chi connectivity index (χ2v) is 17.4. The number of piperidine rings is 1. The van der Waals surface area contributed by atoms with Crippen molar-refractivity contribution in [2.24, 2.45) is 0 Å². The van der Waals surface area contributed by atoms with Crippen molar-refractivity contribution in [3.63, 3.8) is 0 Å². The fourth-order valence-corrected chi connectivity index (χ4v) is 9.26. The monoisotopic (exact) mass is 849 g/mol. The number of fused-ring (bicyclic) bond motifs is 1. The molecule has 0 radical (unpaired) electrons. The number of carbonyl (C=O) groups excluding carboxylic acids is 2. The molecule has 3 fully saturated rings. The van der Waals surface area contributed by atoms with Crippen molar-refractivity contribution in [1.29, 1.82) is 0 Å². The molecule has 3 aromatic carbocycles. The van der Waals surface area contributed by atoms with Gasteiger partial charge in [-0.25, -0.2) is 9.37 Å². The summed E-state index contributed by atoms with van der Waals surface area (Å²) in [6, 6.07) is 21.6. The average Bonchev–Trinajstić information content (AvgIpc) is 3.63. The van der Waals surface area contributed by atoms with Gasteiger partial charge in [0.2, 0.25) is 17.8 Å². The first-order chi connectivity index (χ1) is 29.7. The van der Waals surface area contributed by atoms with E-state index in [9.17, 15) is 19.1 Å². The summed E-state index contributed by atoms with van der Waals surface area (Å²) >= 11 is 6.10. The number of ether oxygens (including phenoxy) is 1. The van der Waals surface area contributed by atoms with Gasteiger partial charge in [0.25, 0.3) is 0 Å². The molecule has 3 N–H and O–H groups in total. The molecule has 3 aliphatic rings. The number of nitrogens with one attached hydrogen (secondary N) is 2. The molecule has 8 rings (SSSR count). The molecule has 0 spiro atoms. The smallest absolute Gasteiger partial charge is 0.234 e. The molecule has 2 saturated heterocycles. The number of aryl methyl sites for hydroxylation is 1. The number of benzene rings is 3. The van der Waals surface area contributed by atoms with Crippen LogP contribution in [0, 0.1) is 5.82 Å². The van der Waals surface area contributed by atoms with Gasteiger partial charge >= 0.3 is 0 Å². The van der Waals surface area contributed by atoms with E-state index >= 15 is 0 Å². The number of hydrogen-bond acceptors (Lipinski definition) is 9. The van der Waals surface area contributed by atoms with Gasteiger partial charge in [0, 0.05) is 92.5 Å². The van der Waals surface area contributed by atoms with Gasteiger partial charge in [-0.3, -0.25) is 19.8 Å². The second-order valence-electron chi connectivity index (χ2n) is 17.0. The van der Waals surface area contributed by atoms with Crippen molar-refractivity contribution in [2.75, 3.05) is 51.3 Å². The van der Waals surface area contributed by atoms with Crippen LogP contribution in [-0.4, -0.2) is 93.3 Å². The van der Waals surface area contributed by atoms with Crippen LogP contribution in [0.3, 0.4) is 0 Å². The lowest BCUT2D eigenvalue weighted by Crippen LogP contribution is -2.46. The number of nitrogens with zero attached hydrogens (tertiary/aromatic N) is 5. The van der Waals surface area contributed by atoms with Crippen LogP contribution < -0.4 is 10.6 Å². The highest BCUT2D eigenvalue weighted by Gasteiger charge is 2.28. The van der Waals surface area contributed by atoms with E-state index in [0.717, 1.165) is 125 Å². The van der Waals surface area contributed by atoms with Gasteiger partial charge in [0.15, 0.2) is 0 Å². The fraction of sp³-hybridized carbons (Fsp3) is 0.458. The summed E-state index contributed by atoms with van der Waals surface area (Å²) in [5, 5.41) is 17.0. The number of anilines is 2. The minimum Gasteiger partial charge on any atom is -0.393 e. The number of unbranched alkanes of at least 4 members (excludes halogenated alkanes) is 2. The Hall–Kier alpha value is -4.72. The summed E-state index contributed by atoms with van der Waals surface area (Å²) in [6.45, 7) is 7.90. The number of amides is 2. The molecule has 2 aliphatic heterocycles. The molecule has 0 bridgehead atoms. The highest BCUT2D eigenvalue weighted by atomic mass is 35.5. The number of piperazine rings is 1. The standard InChI is InChI=1S/C48H57ClFN7O4/c49-37-27-38(50)29-39(28-37)52-48-51-30-43-44(32-57(46(43)54-48)40-14-16-41(58)17-15-40)36-12-8-34(9-13-36)31-56-23-21-55(22-24-56)20-2-1-3-25-61-26-4-5-33-6-10-35(11-7-33)42-18-19-45(59)53-47(42)60/h6-13,27-30,32,40-42,58H,1-5,14-26,31H2,(H,51,52,54)(H,53,59,60). The number of halogens is 2. The van der Waals surface area contributed by atoms with Crippen LogP contribution in [0.25, 0.3) is 22.2 Å². The Bertz CT molecular complexity index is 2230. The molecule has 1 unspecified atom stereocenters. The predicted molar refractivity (Wildman–Crippen MR) is 237 cm³/mol. The van der Waals surface area contributed by atoms with Crippen LogP contribution >= 0.6 is 11.6 Å². The number of rotatable bonds is 17. The first kappa shape index (κ1) is 42.9. The van der Waals surface area contributed by atoms with Crippen LogP contribution in [0.15, 0.2) is 79.1 Å². The van der Waals surface area contributed by atoms with Gasteiger partial charge in [-0.15, -0.1) is 0 Å². The van der Waals surface area contributed by atoms with E-state index in [0.29, 0.717) is 29.5 Å². The molecule has 11 nitrogen and oxygen atoms in total. The quantitative estimate of drug-likeness (QED) is 0.0624. The number of aromatic nitrogens is 3. The minimum absolute atomic E-state index is 0.180. The molecule has 2 amide bonds. The summed E-state index contributed by atoms with van der Waals surface area (Å²) < 4.78 is 22.2. The molecule has 4 heterocycles. The minimum atomic E-state index is -0.433. The van der Waals surface area contributed by atoms with E-state index in [1.165, 1.54) is 36.1 Å². The Labute approximate surface area is 362 Å². The summed E-state index contributed by atoms with van der Waals surface area (Å²) in [7, 11) is 0. The maximum absolute atomic E-state index is 14.1. The van der Waals surface area contributed by atoms with Crippen molar-refractivity contribution in [3.8, 4) is 11.1 Å². The topological polar surface area (TPSA) is 125 Å². The van der Waals surface area contributed by atoms with Crippen molar-refractivity contribution >= 4 is 46.1 Å². The SMILES string of the molecule is O=C1CCC(c2ccc(CCCOCCCCCN3CCN(Cc4ccc(-c5cn(C6CCC(O)CC6)c6nc(Nc7cc(F)cc(Cl)c7)ncc56)cc4)CC3)cc2)C(=O)N1. The summed E-state index contributed by atoms with van der Waals surface area (Å²) in [6.07, 6.45) is 13.4. The van der Waals surface area contributed by atoms with Crippen LogP contribution in [0.1, 0.15) is 92.9 Å². The lowest BCUT2D eigenvalue weighted by molar-refractivity contribution is -0.134. The lowest BCUT2D eigenvalue weighted by Gasteiger charge is -2.34. The van der Waals surface area contributed by atoms with Crippen molar-refractivity contribution in [1.82, 2.24) is 29.7 Å². The van der Waals surface area contributed by atoms with Gasteiger partial charge in [-0.05, 0) is 111 Å². The van der Waals surface area contributed by atoms with Crippen LogP contribution in [0.5, 0.6) is 0 Å². The number of aliphatic hydroxyl groups is 1. The van der Waals surface area contributed by atoms with E-state index in [1.54, 1.807) is 6.07 Å². The highest BCUT2D eigenvalue weighted by molar-refractivity contribution is 6.30. The van der Waals surface area contributed by atoms with E-state index in [1.807, 2.05) is 18.3 Å². The van der Waals surface area contributed by atoms with E-state index in [-0.39, 0.29) is 29.9 Å². The Balaban J connectivity index is 0.750. The maximum Gasteiger partial charge on any atom is 0.234 e. The van der Waals surface area contributed by atoms with Gasteiger partial charge in [0.05, 0.1) is 12.0 Å². The van der Waals surface area contributed by atoms with Gasteiger partial charge in [-0.2, -0.15) is 4.98 Å². The average molecular weight is 850 g/mol. The molecule has 13 heteroatoms. The zero-order valence-electron chi connectivity index (χ0n) is 34.8. The number of hydrogen-bond donors (Lipinski definition) is 3. The molecule has 2 aromatic heterocycles. The number of aliphatic hydroxyl groups excluding tert-OH is 1. The first-order valence-corrected chi connectivity index (χ1v) is 22.4. The van der Waals surface area contributed by atoms with Crippen molar-refractivity contribution < 1.29 is 23.8 Å². The van der Waals surface area contributed by atoms with Gasteiger partial charge < -0.3 is 24.6 Å². The molecule has 61 heavy (non-hydrogen) atoms. The summed E-state index contributed by atoms with van der Waals surface area (Å²) in [4.78, 5) is 38.3. The number of carbonyl (C=O) groups is 2. The molecular formula is C48H57ClFN7O4. The Morgan fingerprint density at radius 1 is 0.852 bits per heavy atom. The largest absolute Gasteiger partial charge is 0.393 e. The fourth-order valence-electron chi connectivity index (χ4n) is 9.03. The van der Waals surface area contributed by atoms with Crippen LogP contribution in [-0.2, 0) is 27.3 Å². The normalized spacial score (nSPS) is 20.3. The molecule has 5 aromatic rings. The number of imide groups is 1. The van der Waals surface area contributed by atoms with Crippen molar-refractivity contribution in [3.05, 3.63) is 107 Å². The van der Waals surface area contributed by atoms with E-state index in [2.05, 4.69) is 72.6 Å². The third-order valence-corrected chi connectivity index (χ3v) is 12.7. The first-order valence-electron chi connectivity index (χ1n) is 22.1. The van der Waals surface area contributed by atoms with Gasteiger partial charge in [-0.1, -0.05) is 60.1 Å². The lowest BCUT2D eigenvalue weighted by atomic mass is 9.90. The predicted octanol–water partition coefficient (Wildman–Crippen LogP) is 8.57. The summed E-state index contributed by atoms with van der Waals surface area (Å²) in [5.74, 6) is -0.663. The zero-order valence-corrected chi connectivity index (χ0v) is 35.6. The van der Waals surface area contributed by atoms with E-state index < -0.39 is 5.82 Å². The van der Waals surface area contributed by atoms with Crippen molar-refractivity contribution in [2.45, 2.75) is 95.2 Å². The maximum atomic E-state index is 14.1. The zero-order chi connectivity index (χ0) is 42.1. The highest BCUT2D eigenvalue weighted by Crippen LogP contribution is 2.37. The molecule has 1 saturated carbocycles. The van der Waals surface area contributed by atoms with Crippen LogP contribution in [0.2, 0.25) is 5.02 Å².